The number of guanidine groups is 1. The zero-order chi connectivity index (χ0) is 20.7. The number of rotatable bonds is 6. The molecular weight excluding hydrogens is 518 g/mol. The monoisotopic (exact) mass is 541 g/mol. The standard InChI is InChI=1S/C18H22F3N5OS.HI/c1-12-15(28-11-25-12)16(27)23-8-9-24-17(22-2)26(3)10-13-4-6-14(7-5-13)18(19,20)21;/h4-7,11H,8-10H2,1-3H3,(H,22,24)(H,23,27);1H. The minimum absolute atomic E-state index is 0. The molecule has 160 valence electrons. The lowest BCUT2D eigenvalue weighted by molar-refractivity contribution is -0.137. The molecule has 2 N–H and O–H groups in total. The summed E-state index contributed by atoms with van der Waals surface area (Å²) >= 11 is 1.29. The average Bonchev–Trinajstić information content (AvgIpc) is 3.07. The molecule has 0 saturated carbocycles. The van der Waals surface area contributed by atoms with Crippen molar-refractivity contribution in [2.75, 3.05) is 27.2 Å². The topological polar surface area (TPSA) is 69.6 Å². The Kier molecular flexibility index (Phi) is 9.83. The summed E-state index contributed by atoms with van der Waals surface area (Å²) in [5.74, 6) is 0.401. The Morgan fingerprint density at radius 2 is 1.83 bits per heavy atom. The van der Waals surface area contributed by atoms with Gasteiger partial charge in [-0.3, -0.25) is 9.79 Å². The van der Waals surface area contributed by atoms with E-state index in [1.165, 1.54) is 23.5 Å². The molecule has 2 aromatic rings. The number of benzene rings is 1. The lowest BCUT2D eigenvalue weighted by Gasteiger charge is -2.22. The lowest BCUT2D eigenvalue weighted by Crippen LogP contribution is -2.42. The summed E-state index contributed by atoms with van der Waals surface area (Å²) < 4.78 is 37.9. The van der Waals surface area contributed by atoms with Gasteiger partial charge in [0.1, 0.15) is 4.88 Å². The van der Waals surface area contributed by atoms with Crippen molar-refractivity contribution in [1.82, 2.24) is 20.5 Å². The average molecular weight is 541 g/mol. The SMILES string of the molecule is CN=C(NCCNC(=O)c1scnc1C)N(C)Cc1ccc(C(F)(F)F)cc1.I. The maximum atomic E-state index is 12.6. The Morgan fingerprint density at radius 3 is 2.34 bits per heavy atom. The lowest BCUT2D eigenvalue weighted by atomic mass is 10.1. The summed E-state index contributed by atoms with van der Waals surface area (Å²) in [7, 11) is 3.40. The Morgan fingerprint density at radius 1 is 1.21 bits per heavy atom. The molecule has 0 bridgehead atoms. The number of hydrogen-bond acceptors (Lipinski definition) is 4. The van der Waals surface area contributed by atoms with Gasteiger partial charge in [0.2, 0.25) is 0 Å². The van der Waals surface area contributed by atoms with E-state index < -0.39 is 11.7 Å². The van der Waals surface area contributed by atoms with Crippen molar-refractivity contribution in [1.29, 1.82) is 0 Å². The zero-order valence-electron chi connectivity index (χ0n) is 16.2. The summed E-state index contributed by atoms with van der Waals surface area (Å²) in [5.41, 5.74) is 2.38. The van der Waals surface area contributed by atoms with Crippen LogP contribution in [0.25, 0.3) is 0 Å². The van der Waals surface area contributed by atoms with E-state index >= 15 is 0 Å². The van der Waals surface area contributed by atoms with Crippen LogP contribution in [0, 0.1) is 6.92 Å². The fourth-order valence-corrected chi connectivity index (χ4v) is 3.20. The van der Waals surface area contributed by atoms with Crippen LogP contribution in [0.5, 0.6) is 0 Å². The van der Waals surface area contributed by atoms with Gasteiger partial charge in [-0.2, -0.15) is 13.2 Å². The Balaban J connectivity index is 0.00000420. The van der Waals surface area contributed by atoms with Gasteiger partial charge >= 0.3 is 6.18 Å². The van der Waals surface area contributed by atoms with Gasteiger partial charge in [-0.15, -0.1) is 35.3 Å². The quantitative estimate of drug-likeness (QED) is 0.254. The second kappa shape index (κ2) is 11.3. The molecule has 11 heteroatoms. The van der Waals surface area contributed by atoms with Gasteiger partial charge in [-0.25, -0.2) is 4.98 Å². The van der Waals surface area contributed by atoms with E-state index in [1.54, 1.807) is 31.4 Å². The van der Waals surface area contributed by atoms with Crippen LogP contribution in [-0.4, -0.2) is 48.9 Å². The van der Waals surface area contributed by atoms with Gasteiger partial charge in [0.25, 0.3) is 5.91 Å². The molecule has 1 amide bonds. The summed E-state index contributed by atoms with van der Waals surface area (Å²) in [6.45, 7) is 3.02. The van der Waals surface area contributed by atoms with Crippen molar-refractivity contribution >= 4 is 47.2 Å². The van der Waals surface area contributed by atoms with Gasteiger partial charge < -0.3 is 15.5 Å². The van der Waals surface area contributed by atoms with Gasteiger partial charge in [-0.05, 0) is 24.6 Å². The number of hydrogen-bond donors (Lipinski definition) is 2. The van der Waals surface area contributed by atoms with Crippen LogP contribution in [0.1, 0.15) is 26.5 Å². The van der Waals surface area contributed by atoms with Crippen LogP contribution in [0.15, 0.2) is 34.8 Å². The van der Waals surface area contributed by atoms with E-state index in [2.05, 4.69) is 20.6 Å². The number of nitrogens with zero attached hydrogens (tertiary/aromatic N) is 3. The first-order chi connectivity index (χ1) is 13.2. The maximum absolute atomic E-state index is 12.6. The van der Waals surface area contributed by atoms with E-state index in [-0.39, 0.29) is 29.9 Å². The van der Waals surface area contributed by atoms with Gasteiger partial charge in [0.05, 0.1) is 16.8 Å². The molecule has 0 aliphatic carbocycles. The molecule has 2 rings (SSSR count). The molecule has 1 heterocycles. The molecule has 0 radical (unpaired) electrons. The zero-order valence-corrected chi connectivity index (χ0v) is 19.4. The third kappa shape index (κ3) is 7.46. The van der Waals surface area contributed by atoms with Crippen LogP contribution < -0.4 is 10.6 Å². The summed E-state index contributed by atoms with van der Waals surface area (Å²) in [6.07, 6.45) is -4.34. The molecular formula is C18H23F3IN5OS. The second-order valence-electron chi connectivity index (χ2n) is 6.05. The predicted molar refractivity (Wildman–Crippen MR) is 119 cm³/mol. The smallest absolute Gasteiger partial charge is 0.354 e. The fourth-order valence-electron chi connectivity index (χ4n) is 2.48. The van der Waals surface area contributed by atoms with Crippen molar-refractivity contribution in [2.24, 2.45) is 4.99 Å². The second-order valence-corrected chi connectivity index (χ2v) is 6.90. The van der Waals surface area contributed by atoms with E-state index in [4.69, 9.17) is 0 Å². The van der Waals surface area contributed by atoms with Crippen molar-refractivity contribution in [3.8, 4) is 0 Å². The number of carbonyl (C=O) groups is 1. The number of carbonyl (C=O) groups excluding carboxylic acids is 1. The van der Waals surface area contributed by atoms with Crippen molar-refractivity contribution in [2.45, 2.75) is 19.6 Å². The molecule has 29 heavy (non-hydrogen) atoms. The highest BCUT2D eigenvalue weighted by Gasteiger charge is 2.29. The van der Waals surface area contributed by atoms with E-state index in [1.807, 2.05) is 0 Å². The third-order valence-electron chi connectivity index (χ3n) is 3.92. The van der Waals surface area contributed by atoms with Crippen molar-refractivity contribution in [3.63, 3.8) is 0 Å². The van der Waals surface area contributed by atoms with Crippen LogP contribution >= 0.6 is 35.3 Å². The van der Waals surface area contributed by atoms with E-state index in [9.17, 15) is 18.0 Å². The number of thiazole rings is 1. The molecule has 1 aromatic carbocycles. The molecule has 0 fully saturated rings. The third-order valence-corrected chi connectivity index (χ3v) is 4.85. The normalized spacial score (nSPS) is 11.6. The number of alkyl halides is 3. The van der Waals surface area contributed by atoms with Crippen LogP contribution in [-0.2, 0) is 12.7 Å². The minimum Gasteiger partial charge on any atom is -0.354 e. The summed E-state index contributed by atoms with van der Waals surface area (Å²) in [5, 5.41) is 5.91. The van der Waals surface area contributed by atoms with E-state index in [0.717, 1.165) is 17.7 Å². The molecule has 0 atom stereocenters. The number of nitrogens with one attached hydrogen (secondary N) is 2. The first-order valence-corrected chi connectivity index (χ1v) is 9.36. The molecule has 6 nitrogen and oxygen atoms in total. The van der Waals surface area contributed by atoms with E-state index in [0.29, 0.717) is 36.2 Å². The van der Waals surface area contributed by atoms with Gasteiger partial charge in [-0.1, -0.05) is 12.1 Å². The first kappa shape index (κ1) is 25.1. The van der Waals surface area contributed by atoms with Gasteiger partial charge in [0, 0.05) is 33.7 Å². The van der Waals surface area contributed by atoms with Crippen molar-refractivity contribution in [3.05, 3.63) is 51.5 Å². The Labute approximate surface area is 188 Å². The molecule has 0 spiro atoms. The van der Waals surface area contributed by atoms with Gasteiger partial charge in [0.15, 0.2) is 5.96 Å². The molecule has 1 aromatic heterocycles. The van der Waals surface area contributed by atoms with Crippen molar-refractivity contribution < 1.29 is 18.0 Å². The summed E-state index contributed by atoms with van der Waals surface area (Å²) in [4.78, 5) is 22.6. The molecule has 0 aliphatic rings. The number of aliphatic imine (C=N–C) groups is 1. The summed E-state index contributed by atoms with van der Waals surface area (Å²) in [6, 6.07) is 5.03. The largest absolute Gasteiger partial charge is 0.416 e. The number of amides is 1. The number of halogens is 4. The Hall–Kier alpha value is -1.89. The molecule has 0 aliphatic heterocycles. The van der Waals surface area contributed by atoms with Crippen LogP contribution in [0.2, 0.25) is 0 Å². The fraction of sp³-hybridized carbons (Fsp3) is 0.389. The van der Waals surface area contributed by atoms with Crippen LogP contribution in [0.3, 0.4) is 0 Å². The first-order valence-electron chi connectivity index (χ1n) is 8.48. The predicted octanol–water partition coefficient (Wildman–Crippen LogP) is 3.53. The highest BCUT2D eigenvalue weighted by atomic mass is 127. The highest BCUT2D eigenvalue weighted by Crippen LogP contribution is 2.29. The molecule has 0 unspecified atom stereocenters. The highest BCUT2D eigenvalue weighted by molar-refractivity contribution is 14.0. The number of aryl methyl sites for hydroxylation is 1. The maximum Gasteiger partial charge on any atom is 0.416 e. The van der Waals surface area contributed by atoms with Crippen LogP contribution in [0.4, 0.5) is 13.2 Å². The Bertz CT molecular complexity index is 824. The number of aromatic nitrogens is 1. The minimum atomic E-state index is -4.34. The molecule has 0 saturated heterocycles.